The molecule has 0 spiro atoms. The lowest BCUT2D eigenvalue weighted by Gasteiger charge is -2.27. The van der Waals surface area contributed by atoms with Crippen molar-refractivity contribution < 1.29 is 4.74 Å². The minimum atomic E-state index is 0.345. The summed E-state index contributed by atoms with van der Waals surface area (Å²) in [6, 6.07) is 20.7. The topological polar surface area (TPSA) is 89.5 Å². The minimum Gasteiger partial charge on any atom is -0.378 e. The van der Waals surface area contributed by atoms with Crippen molar-refractivity contribution in [1.29, 1.82) is 0 Å². The number of guanidine groups is 1. The largest absolute Gasteiger partial charge is 0.378 e. The van der Waals surface area contributed by atoms with E-state index in [-0.39, 0.29) is 0 Å². The first-order chi connectivity index (χ1) is 16.2. The van der Waals surface area contributed by atoms with E-state index in [1.54, 1.807) is 17.5 Å². The number of benzene rings is 2. The van der Waals surface area contributed by atoms with Gasteiger partial charge in [-0.15, -0.1) is 11.3 Å². The van der Waals surface area contributed by atoms with Crippen molar-refractivity contribution in [2.75, 3.05) is 26.3 Å². The van der Waals surface area contributed by atoms with E-state index in [2.05, 4.69) is 51.4 Å². The van der Waals surface area contributed by atoms with Gasteiger partial charge in [-0.25, -0.2) is 15.0 Å². The average molecular weight is 457 g/mol. The van der Waals surface area contributed by atoms with Crippen LogP contribution in [0.2, 0.25) is 0 Å². The lowest BCUT2D eigenvalue weighted by Crippen LogP contribution is -2.44. The molecule has 0 saturated carbocycles. The molecule has 2 aromatic carbocycles. The van der Waals surface area contributed by atoms with Crippen LogP contribution < -0.4 is 5.73 Å². The highest BCUT2D eigenvalue weighted by molar-refractivity contribution is 7.18. The molecule has 0 atom stereocenters. The molecule has 2 N–H and O–H groups in total. The number of ether oxygens (including phenoxy) is 1. The molecule has 0 amide bonds. The van der Waals surface area contributed by atoms with Gasteiger partial charge in [-0.2, -0.15) is 4.99 Å². The summed E-state index contributed by atoms with van der Waals surface area (Å²) < 4.78 is 5.37. The van der Waals surface area contributed by atoms with Crippen LogP contribution in [-0.2, 0) is 4.74 Å². The molecule has 5 rings (SSSR count). The third-order valence-corrected chi connectivity index (χ3v) is 6.69. The number of hydrogen-bond acceptors (Lipinski definition) is 6. The van der Waals surface area contributed by atoms with Crippen LogP contribution in [0, 0.1) is 6.92 Å². The molecule has 7 nitrogen and oxygen atoms in total. The Hall–Kier alpha value is -3.62. The number of nitrogens with two attached hydrogens (primary N) is 1. The molecule has 0 radical (unpaired) electrons. The Balaban J connectivity index is 1.39. The first-order valence-electron chi connectivity index (χ1n) is 10.8. The molecule has 1 aliphatic heterocycles. The van der Waals surface area contributed by atoms with Gasteiger partial charge in [0.15, 0.2) is 5.96 Å². The fourth-order valence-corrected chi connectivity index (χ4v) is 4.73. The molecule has 1 aliphatic rings. The van der Waals surface area contributed by atoms with Crippen LogP contribution in [0.5, 0.6) is 0 Å². The highest BCUT2D eigenvalue weighted by atomic mass is 32.1. The summed E-state index contributed by atoms with van der Waals surface area (Å²) >= 11 is 1.61. The standard InChI is InChI=1S/C25H24N6OS/c1-17-22(21-11-12-27-25(29-21)30-24(26)31-13-15-32-16-14-31)33-23(28-17)20-9-7-19(8-10-20)18-5-3-2-4-6-18/h2-12H,13-16H2,1H3,(H2,26,27,29,30). The smallest absolute Gasteiger partial charge is 0.253 e. The zero-order chi connectivity index (χ0) is 22.6. The second kappa shape index (κ2) is 9.48. The third kappa shape index (κ3) is 4.76. The van der Waals surface area contributed by atoms with Crippen molar-refractivity contribution in [2.24, 2.45) is 10.7 Å². The van der Waals surface area contributed by atoms with Gasteiger partial charge in [0.05, 0.1) is 29.5 Å². The summed E-state index contributed by atoms with van der Waals surface area (Å²) in [7, 11) is 0. The maximum atomic E-state index is 6.16. The summed E-state index contributed by atoms with van der Waals surface area (Å²) in [6.07, 6.45) is 1.71. The highest BCUT2D eigenvalue weighted by Crippen LogP contribution is 2.35. The fourth-order valence-electron chi connectivity index (χ4n) is 3.69. The van der Waals surface area contributed by atoms with Gasteiger partial charge >= 0.3 is 0 Å². The fraction of sp³-hybridized carbons (Fsp3) is 0.200. The van der Waals surface area contributed by atoms with Crippen LogP contribution in [-0.4, -0.2) is 52.1 Å². The lowest BCUT2D eigenvalue weighted by atomic mass is 10.0. The number of aryl methyl sites for hydroxylation is 1. The molecular formula is C25H24N6OS. The Morgan fingerprint density at radius 3 is 2.39 bits per heavy atom. The minimum absolute atomic E-state index is 0.345. The maximum Gasteiger partial charge on any atom is 0.253 e. The van der Waals surface area contributed by atoms with Gasteiger partial charge < -0.3 is 15.4 Å². The van der Waals surface area contributed by atoms with Gasteiger partial charge in [0, 0.05) is 24.8 Å². The number of aliphatic imine (C=N–C) groups is 1. The van der Waals surface area contributed by atoms with E-state index in [0.29, 0.717) is 25.1 Å². The number of rotatable bonds is 4. The number of hydrogen-bond donors (Lipinski definition) is 1. The number of morpholine rings is 1. The van der Waals surface area contributed by atoms with E-state index in [0.717, 1.165) is 39.9 Å². The Morgan fingerprint density at radius 2 is 1.64 bits per heavy atom. The van der Waals surface area contributed by atoms with Crippen molar-refractivity contribution in [3.63, 3.8) is 0 Å². The first kappa shape index (κ1) is 21.2. The summed E-state index contributed by atoms with van der Waals surface area (Å²) in [5, 5.41) is 0.957. The average Bonchev–Trinajstić information content (AvgIpc) is 3.27. The molecule has 3 heterocycles. The zero-order valence-corrected chi connectivity index (χ0v) is 19.1. The molecular weight excluding hydrogens is 432 g/mol. The van der Waals surface area contributed by atoms with E-state index < -0.39 is 0 Å². The first-order valence-corrected chi connectivity index (χ1v) is 11.6. The number of aromatic nitrogens is 3. The molecule has 1 fully saturated rings. The van der Waals surface area contributed by atoms with Gasteiger partial charge in [0.1, 0.15) is 5.01 Å². The van der Waals surface area contributed by atoms with E-state index in [9.17, 15) is 0 Å². The van der Waals surface area contributed by atoms with Crippen molar-refractivity contribution >= 4 is 23.2 Å². The van der Waals surface area contributed by atoms with Crippen LogP contribution in [0.3, 0.4) is 0 Å². The Morgan fingerprint density at radius 1 is 0.939 bits per heavy atom. The molecule has 8 heteroatoms. The summed E-state index contributed by atoms with van der Waals surface area (Å²) in [5.74, 6) is 0.758. The third-order valence-electron chi connectivity index (χ3n) is 5.46. The van der Waals surface area contributed by atoms with Gasteiger partial charge in [-0.05, 0) is 24.1 Å². The van der Waals surface area contributed by atoms with Gasteiger partial charge in [-0.3, -0.25) is 0 Å². The van der Waals surface area contributed by atoms with Crippen molar-refractivity contribution in [1.82, 2.24) is 19.9 Å². The van der Waals surface area contributed by atoms with Crippen molar-refractivity contribution in [3.8, 4) is 32.3 Å². The van der Waals surface area contributed by atoms with Crippen molar-refractivity contribution in [2.45, 2.75) is 6.92 Å². The van der Waals surface area contributed by atoms with Crippen molar-refractivity contribution in [3.05, 3.63) is 72.6 Å². The Labute approximate surface area is 196 Å². The predicted octanol–water partition coefficient (Wildman–Crippen LogP) is 4.52. The maximum absolute atomic E-state index is 6.16. The van der Waals surface area contributed by atoms with E-state index >= 15 is 0 Å². The summed E-state index contributed by atoms with van der Waals surface area (Å²) in [4.78, 5) is 21.1. The van der Waals surface area contributed by atoms with Crippen LogP contribution in [0.25, 0.3) is 32.3 Å². The number of thiazole rings is 1. The molecule has 0 unspecified atom stereocenters. The molecule has 33 heavy (non-hydrogen) atoms. The second-order valence-corrected chi connectivity index (χ2v) is 8.69. The SMILES string of the molecule is Cc1nc(-c2ccc(-c3ccccc3)cc2)sc1-c1ccnc(N=C(N)N2CCOCC2)n1. The molecule has 4 aromatic rings. The number of nitrogens with zero attached hydrogens (tertiary/aromatic N) is 5. The van der Waals surface area contributed by atoms with Gasteiger partial charge in [0.25, 0.3) is 5.95 Å². The Kier molecular flexibility index (Phi) is 6.10. The second-order valence-electron chi connectivity index (χ2n) is 7.69. The molecule has 1 saturated heterocycles. The molecule has 166 valence electrons. The Bertz CT molecular complexity index is 1260. The highest BCUT2D eigenvalue weighted by Gasteiger charge is 2.15. The summed E-state index contributed by atoms with van der Waals surface area (Å²) in [6.45, 7) is 4.73. The zero-order valence-electron chi connectivity index (χ0n) is 18.3. The molecule has 0 bridgehead atoms. The van der Waals surface area contributed by atoms with Crippen LogP contribution in [0.1, 0.15) is 5.69 Å². The van der Waals surface area contributed by atoms with E-state index in [1.807, 2.05) is 36.1 Å². The monoisotopic (exact) mass is 456 g/mol. The normalized spacial score (nSPS) is 14.5. The van der Waals surface area contributed by atoms with E-state index in [1.165, 1.54) is 11.1 Å². The predicted molar refractivity (Wildman–Crippen MR) is 132 cm³/mol. The van der Waals surface area contributed by atoms with Crippen LogP contribution in [0.15, 0.2) is 71.9 Å². The van der Waals surface area contributed by atoms with E-state index in [4.69, 9.17) is 15.5 Å². The molecule has 2 aromatic heterocycles. The van der Waals surface area contributed by atoms with Gasteiger partial charge in [-0.1, -0.05) is 54.6 Å². The molecule has 0 aliphatic carbocycles. The van der Waals surface area contributed by atoms with Gasteiger partial charge in [0.2, 0.25) is 0 Å². The lowest BCUT2D eigenvalue weighted by molar-refractivity contribution is 0.0675. The van der Waals surface area contributed by atoms with Crippen LogP contribution >= 0.6 is 11.3 Å². The quantitative estimate of drug-likeness (QED) is 0.359. The summed E-state index contributed by atoms with van der Waals surface area (Å²) in [5.41, 5.74) is 11.3. The van der Waals surface area contributed by atoms with Crippen LogP contribution in [0.4, 0.5) is 5.95 Å².